The van der Waals surface area contributed by atoms with Gasteiger partial charge in [0.05, 0.1) is 0 Å². The molecule has 7 heteroatoms. The van der Waals surface area contributed by atoms with Gasteiger partial charge >= 0.3 is 0 Å². The average Bonchev–Trinajstić information content (AvgIpc) is 2.50. The standard InChI is InChI=1S/C14H21ClN2O3S/c1-16(21(18,19)17-9-3-2-4-10-17)11-12-20-14-7-5-13(15)6-8-14/h5-8H,2-4,9-12H2,1H3. The molecule has 1 aliphatic rings. The van der Waals surface area contributed by atoms with Crippen LogP contribution >= 0.6 is 11.6 Å². The fourth-order valence-electron chi connectivity index (χ4n) is 2.23. The molecule has 1 fully saturated rings. The van der Waals surface area contributed by atoms with Crippen LogP contribution in [-0.2, 0) is 10.2 Å². The Bertz CT molecular complexity index is 542. The third-order valence-corrected chi connectivity index (χ3v) is 5.76. The minimum atomic E-state index is -3.36. The molecule has 1 heterocycles. The maximum Gasteiger partial charge on any atom is 0.281 e. The van der Waals surface area contributed by atoms with Crippen molar-refractivity contribution < 1.29 is 13.2 Å². The molecule has 1 aromatic carbocycles. The number of piperidine rings is 1. The summed E-state index contributed by atoms with van der Waals surface area (Å²) in [5.74, 6) is 0.683. The van der Waals surface area contributed by atoms with Crippen LogP contribution in [-0.4, -0.2) is 50.3 Å². The molecule has 0 bridgehead atoms. The van der Waals surface area contributed by atoms with E-state index in [0.29, 0.717) is 37.0 Å². The van der Waals surface area contributed by atoms with Gasteiger partial charge in [-0.25, -0.2) is 0 Å². The Labute approximate surface area is 131 Å². The van der Waals surface area contributed by atoms with Crippen molar-refractivity contribution in [1.82, 2.24) is 8.61 Å². The molecule has 2 rings (SSSR count). The fourth-order valence-corrected chi connectivity index (χ4v) is 3.78. The number of rotatable bonds is 6. The molecule has 0 atom stereocenters. The largest absolute Gasteiger partial charge is 0.492 e. The number of hydrogen-bond donors (Lipinski definition) is 0. The quantitative estimate of drug-likeness (QED) is 0.803. The van der Waals surface area contributed by atoms with Crippen LogP contribution in [0.2, 0.25) is 5.02 Å². The molecule has 0 aromatic heterocycles. The number of ether oxygens (including phenoxy) is 1. The minimum absolute atomic E-state index is 0.311. The van der Waals surface area contributed by atoms with Crippen LogP contribution in [0.15, 0.2) is 24.3 Å². The lowest BCUT2D eigenvalue weighted by Gasteiger charge is -2.30. The zero-order chi connectivity index (χ0) is 15.3. The predicted octanol–water partition coefficient (Wildman–Crippen LogP) is 2.38. The summed E-state index contributed by atoms with van der Waals surface area (Å²) in [4.78, 5) is 0. The first-order valence-corrected chi connectivity index (χ1v) is 8.87. The molecule has 1 saturated heterocycles. The van der Waals surface area contributed by atoms with Gasteiger partial charge in [-0.2, -0.15) is 17.0 Å². The molecule has 0 radical (unpaired) electrons. The van der Waals surface area contributed by atoms with Crippen molar-refractivity contribution in [3.05, 3.63) is 29.3 Å². The van der Waals surface area contributed by atoms with E-state index in [1.807, 2.05) is 0 Å². The van der Waals surface area contributed by atoms with Crippen molar-refractivity contribution in [3.8, 4) is 5.75 Å². The summed E-state index contributed by atoms with van der Waals surface area (Å²) in [6.07, 6.45) is 2.98. The van der Waals surface area contributed by atoms with Crippen molar-refractivity contribution in [2.45, 2.75) is 19.3 Å². The molecule has 0 amide bonds. The molecule has 0 aliphatic carbocycles. The lowest BCUT2D eigenvalue weighted by Crippen LogP contribution is -2.45. The zero-order valence-electron chi connectivity index (χ0n) is 12.2. The smallest absolute Gasteiger partial charge is 0.281 e. The summed E-state index contributed by atoms with van der Waals surface area (Å²) in [5, 5.41) is 0.646. The van der Waals surface area contributed by atoms with E-state index in [2.05, 4.69) is 0 Å². The highest BCUT2D eigenvalue weighted by molar-refractivity contribution is 7.86. The molecule has 0 unspecified atom stereocenters. The number of nitrogens with zero attached hydrogens (tertiary/aromatic N) is 2. The Morgan fingerprint density at radius 2 is 1.81 bits per heavy atom. The van der Waals surface area contributed by atoms with E-state index in [1.54, 1.807) is 35.6 Å². The highest BCUT2D eigenvalue weighted by atomic mass is 35.5. The summed E-state index contributed by atoms with van der Waals surface area (Å²) in [7, 11) is -1.77. The summed E-state index contributed by atoms with van der Waals surface area (Å²) in [5.41, 5.74) is 0. The van der Waals surface area contributed by atoms with E-state index in [9.17, 15) is 8.42 Å². The van der Waals surface area contributed by atoms with Gasteiger partial charge in [-0.15, -0.1) is 0 Å². The first-order chi connectivity index (χ1) is 10.00. The van der Waals surface area contributed by atoms with E-state index < -0.39 is 10.2 Å². The minimum Gasteiger partial charge on any atom is -0.492 e. The number of hydrogen-bond acceptors (Lipinski definition) is 3. The van der Waals surface area contributed by atoms with E-state index in [4.69, 9.17) is 16.3 Å². The molecule has 0 spiro atoms. The Hall–Kier alpha value is -0.820. The van der Waals surface area contributed by atoms with Crippen LogP contribution in [0.25, 0.3) is 0 Å². The van der Waals surface area contributed by atoms with E-state index in [1.165, 1.54) is 4.31 Å². The normalized spacial score (nSPS) is 17.1. The SMILES string of the molecule is CN(CCOc1ccc(Cl)cc1)S(=O)(=O)N1CCCCC1. The van der Waals surface area contributed by atoms with Crippen molar-refractivity contribution in [3.63, 3.8) is 0 Å². The summed E-state index contributed by atoms with van der Waals surface area (Å²) >= 11 is 5.79. The Morgan fingerprint density at radius 1 is 1.19 bits per heavy atom. The third kappa shape index (κ3) is 4.57. The van der Waals surface area contributed by atoms with Gasteiger partial charge in [0.2, 0.25) is 0 Å². The van der Waals surface area contributed by atoms with Gasteiger partial charge in [0, 0.05) is 31.7 Å². The first kappa shape index (κ1) is 16.5. The van der Waals surface area contributed by atoms with Crippen LogP contribution in [0.4, 0.5) is 0 Å². The van der Waals surface area contributed by atoms with Crippen molar-refractivity contribution in [2.75, 3.05) is 33.3 Å². The molecule has 5 nitrogen and oxygen atoms in total. The Morgan fingerprint density at radius 3 is 2.43 bits per heavy atom. The van der Waals surface area contributed by atoms with Crippen LogP contribution < -0.4 is 4.74 Å². The van der Waals surface area contributed by atoms with E-state index >= 15 is 0 Å². The molecular weight excluding hydrogens is 312 g/mol. The summed E-state index contributed by atoms with van der Waals surface area (Å²) < 4.78 is 33.1. The van der Waals surface area contributed by atoms with Gasteiger partial charge in [-0.05, 0) is 37.1 Å². The first-order valence-electron chi connectivity index (χ1n) is 7.10. The molecule has 1 aromatic rings. The maximum atomic E-state index is 12.4. The van der Waals surface area contributed by atoms with Gasteiger partial charge in [0.25, 0.3) is 10.2 Å². The van der Waals surface area contributed by atoms with Gasteiger partial charge in [-0.1, -0.05) is 18.0 Å². The highest BCUT2D eigenvalue weighted by Gasteiger charge is 2.27. The predicted molar refractivity (Wildman–Crippen MR) is 83.9 cm³/mol. The van der Waals surface area contributed by atoms with Gasteiger partial charge < -0.3 is 4.74 Å². The number of benzene rings is 1. The fraction of sp³-hybridized carbons (Fsp3) is 0.571. The molecule has 0 saturated carbocycles. The second-order valence-electron chi connectivity index (χ2n) is 5.09. The second-order valence-corrected chi connectivity index (χ2v) is 7.56. The van der Waals surface area contributed by atoms with E-state index in [0.717, 1.165) is 19.3 Å². The molecule has 0 N–H and O–H groups in total. The molecule has 21 heavy (non-hydrogen) atoms. The molecule has 118 valence electrons. The average molecular weight is 333 g/mol. The van der Waals surface area contributed by atoms with E-state index in [-0.39, 0.29) is 0 Å². The number of halogens is 1. The molecular formula is C14H21ClN2O3S. The summed E-state index contributed by atoms with van der Waals surface area (Å²) in [6.45, 7) is 1.86. The summed E-state index contributed by atoms with van der Waals surface area (Å²) in [6, 6.07) is 7.01. The van der Waals surface area contributed by atoms with Crippen LogP contribution in [0.3, 0.4) is 0 Å². The maximum absolute atomic E-state index is 12.4. The van der Waals surface area contributed by atoms with Gasteiger partial charge in [0.15, 0.2) is 0 Å². The van der Waals surface area contributed by atoms with Crippen molar-refractivity contribution >= 4 is 21.8 Å². The van der Waals surface area contributed by atoms with Crippen molar-refractivity contribution in [1.29, 1.82) is 0 Å². The Balaban J connectivity index is 1.83. The van der Waals surface area contributed by atoms with Crippen LogP contribution in [0, 0.1) is 0 Å². The van der Waals surface area contributed by atoms with Gasteiger partial charge in [-0.3, -0.25) is 0 Å². The van der Waals surface area contributed by atoms with Gasteiger partial charge in [0.1, 0.15) is 12.4 Å². The topological polar surface area (TPSA) is 49.9 Å². The number of likely N-dealkylation sites (N-methyl/N-ethyl adjacent to an activating group) is 1. The monoisotopic (exact) mass is 332 g/mol. The zero-order valence-corrected chi connectivity index (χ0v) is 13.7. The Kier molecular flexibility index (Phi) is 5.87. The van der Waals surface area contributed by atoms with Crippen LogP contribution in [0.5, 0.6) is 5.75 Å². The molecule has 1 aliphatic heterocycles. The second kappa shape index (κ2) is 7.45. The third-order valence-electron chi connectivity index (χ3n) is 3.52. The van der Waals surface area contributed by atoms with Crippen LogP contribution in [0.1, 0.15) is 19.3 Å². The lowest BCUT2D eigenvalue weighted by atomic mass is 10.2. The van der Waals surface area contributed by atoms with Crippen molar-refractivity contribution in [2.24, 2.45) is 0 Å². The highest BCUT2D eigenvalue weighted by Crippen LogP contribution is 2.17. The lowest BCUT2D eigenvalue weighted by molar-refractivity contribution is 0.268.